The number of rotatable bonds is 8. The lowest BCUT2D eigenvalue weighted by Crippen LogP contribution is -2.60. The average Bonchev–Trinajstić information content (AvgIpc) is 2.64. The molecule has 0 spiro atoms. The number of hydrogen-bond acceptors (Lipinski definition) is 5. The summed E-state index contributed by atoms with van der Waals surface area (Å²) in [5.41, 5.74) is -2.72. The number of hydrogen-bond donors (Lipinski definition) is 2. The van der Waals surface area contributed by atoms with Gasteiger partial charge in [0.2, 0.25) is 5.60 Å². The summed E-state index contributed by atoms with van der Waals surface area (Å²) in [6.45, 7) is 7.78. The van der Waals surface area contributed by atoms with Crippen molar-refractivity contribution in [3.8, 4) is 17.6 Å². The number of aliphatic hydroxyl groups is 2. The third-order valence-electron chi connectivity index (χ3n) is 5.19. The van der Waals surface area contributed by atoms with Gasteiger partial charge in [0, 0.05) is 0 Å². The van der Waals surface area contributed by atoms with Gasteiger partial charge in [0.25, 0.3) is 0 Å². The Kier molecular flexibility index (Phi) is 8.96. The number of methoxy groups -OCH3 is 1. The minimum absolute atomic E-state index is 0.132. The predicted octanol–water partition coefficient (Wildman–Crippen LogP) is 3.89. The van der Waals surface area contributed by atoms with E-state index in [1.54, 1.807) is 37.4 Å². The Morgan fingerprint density at radius 1 is 1.10 bits per heavy atom. The molecule has 0 aromatic heterocycles. The maximum absolute atomic E-state index is 13.7. The highest BCUT2D eigenvalue weighted by atomic mass is 28.4. The Bertz CT molecular complexity index is 732. The zero-order chi connectivity index (χ0) is 23.2. The van der Waals surface area contributed by atoms with E-state index in [9.17, 15) is 23.4 Å². The second kappa shape index (κ2) is 10.2. The van der Waals surface area contributed by atoms with Crippen LogP contribution in [0.1, 0.15) is 26.3 Å². The van der Waals surface area contributed by atoms with E-state index in [-0.39, 0.29) is 13.2 Å². The first-order valence-electron chi connectivity index (χ1n) is 9.46. The summed E-state index contributed by atoms with van der Waals surface area (Å²) in [4.78, 5) is 0. The van der Waals surface area contributed by atoms with Crippen molar-refractivity contribution < 1.29 is 37.3 Å². The molecule has 0 aliphatic carbocycles. The van der Waals surface area contributed by atoms with Gasteiger partial charge in [0.1, 0.15) is 18.5 Å². The zero-order valence-electron chi connectivity index (χ0n) is 18.3. The number of aliphatic hydroxyl groups excluding tert-OH is 1. The topological polar surface area (TPSA) is 68.2 Å². The van der Waals surface area contributed by atoms with Gasteiger partial charge in [-0.25, -0.2) is 0 Å². The lowest BCUT2D eigenvalue weighted by atomic mass is 9.97. The van der Waals surface area contributed by atoms with Gasteiger partial charge in [-0.1, -0.05) is 44.7 Å². The Morgan fingerprint density at radius 2 is 1.67 bits per heavy atom. The quantitative estimate of drug-likeness (QED) is 0.359. The standard InChI is InChI=1S/C21H31F3O5Si/c1-19(2,3)30(5,6)29-18(14-25)20(26,21(22,23)24)12-7-13-28-15-16-8-10-17(27-4)11-9-16/h8-11,18,25-26H,13-15H2,1-6H3/t18-,20-/m1/s1. The van der Waals surface area contributed by atoms with Crippen molar-refractivity contribution in [3.05, 3.63) is 29.8 Å². The summed E-state index contributed by atoms with van der Waals surface area (Å²) in [5.74, 6) is 4.73. The molecule has 0 aliphatic rings. The summed E-state index contributed by atoms with van der Waals surface area (Å²) >= 11 is 0. The minimum atomic E-state index is -5.12. The third kappa shape index (κ3) is 6.72. The largest absolute Gasteiger partial charge is 0.497 e. The fraction of sp³-hybridized carbons (Fsp3) is 0.619. The first kappa shape index (κ1) is 26.5. The molecule has 0 aliphatic heterocycles. The monoisotopic (exact) mass is 448 g/mol. The lowest BCUT2D eigenvalue weighted by molar-refractivity contribution is -0.265. The number of ether oxygens (including phenoxy) is 2. The average molecular weight is 449 g/mol. The van der Waals surface area contributed by atoms with E-state index in [0.717, 1.165) is 5.56 Å². The molecule has 0 saturated heterocycles. The molecule has 1 aromatic carbocycles. The van der Waals surface area contributed by atoms with Crippen molar-refractivity contribution in [2.24, 2.45) is 0 Å². The molecule has 9 heteroatoms. The zero-order valence-corrected chi connectivity index (χ0v) is 19.3. The van der Waals surface area contributed by atoms with Crippen molar-refractivity contribution >= 4 is 8.32 Å². The highest BCUT2D eigenvalue weighted by Crippen LogP contribution is 2.41. The molecule has 2 atom stereocenters. The second-order valence-corrected chi connectivity index (χ2v) is 13.2. The molecule has 0 heterocycles. The number of alkyl halides is 3. The van der Waals surface area contributed by atoms with Crippen LogP contribution in [0, 0.1) is 11.8 Å². The van der Waals surface area contributed by atoms with Crippen molar-refractivity contribution in [3.63, 3.8) is 0 Å². The van der Waals surface area contributed by atoms with Gasteiger partial charge in [-0.2, -0.15) is 13.2 Å². The fourth-order valence-corrected chi connectivity index (χ4v) is 3.54. The van der Waals surface area contributed by atoms with Crippen LogP contribution in [0.25, 0.3) is 0 Å². The number of benzene rings is 1. The van der Waals surface area contributed by atoms with E-state index in [1.165, 1.54) is 7.11 Å². The van der Waals surface area contributed by atoms with Crippen LogP contribution in [0.5, 0.6) is 5.75 Å². The van der Waals surface area contributed by atoms with Gasteiger partial charge in [-0.3, -0.25) is 0 Å². The van der Waals surface area contributed by atoms with Gasteiger partial charge in [0.15, 0.2) is 8.32 Å². The van der Waals surface area contributed by atoms with Crippen molar-refractivity contribution in [1.82, 2.24) is 0 Å². The first-order valence-corrected chi connectivity index (χ1v) is 12.4. The third-order valence-corrected chi connectivity index (χ3v) is 9.67. The molecule has 0 unspecified atom stereocenters. The second-order valence-electron chi connectivity index (χ2n) is 8.46. The van der Waals surface area contributed by atoms with Crippen LogP contribution >= 0.6 is 0 Å². The highest BCUT2D eigenvalue weighted by Gasteiger charge is 2.60. The van der Waals surface area contributed by atoms with Crippen LogP contribution in [-0.2, 0) is 15.8 Å². The Labute approximate surface area is 177 Å². The van der Waals surface area contributed by atoms with Gasteiger partial charge in [-0.05, 0) is 35.8 Å². The summed E-state index contributed by atoms with van der Waals surface area (Å²) in [6.07, 6.45) is -7.04. The minimum Gasteiger partial charge on any atom is -0.497 e. The smallest absolute Gasteiger partial charge is 0.431 e. The van der Waals surface area contributed by atoms with Crippen LogP contribution in [0.3, 0.4) is 0 Å². The number of halogens is 3. The molecule has 0 fully saturated rings. The molecule has 2 N–H and O–H groups in total. The predicted molar refractivity (Wildman–Crippen MR) is 111 cm³/mol. The molecule has 0 radical (unpaired) electrons. The van der Waals surface area contributed by atoms with Crippen LogP contribution in [0.4, 0.5) is 13.2 Å². The van der Waals surface area contributed by atoms with E-state index in [1.807, 2.05) is 26.7 Å². The molecule has 30 heavy (non-hydrogen) atoms. The molecule has 1 rings (SSSR count). The van der Waals surface area contributed by atoms with Gasteiger partial charge in [-0.15, -0.1) is 0 Å². The molecule has 170 valence electrons. The normalized spacial score (nSPS) is 15.7. The van der Waals surface area contributed by atoms with Crippen LogP contribution < -0.4 is 4.74 Å². The Morgan fingerprint density at radius 3 is 2.10 bits per heavy atom. The molecular formula is C21H31F3O5Si. The van der Waals surface area contributed by atoms with Crippen LogP contribution in [0.15, 0.2) is 24.3 Å². The van der Waals surface area contributed by atoms with Crippen molar-refractivity contribution in [2.75, 3.05) is 20.3 Å². The van der Waals surface area contributed by atoms with E-state index >= 15 is 0 Å². The van der Waals surface area contributed by atoms with Crippen molar-refractivity contribution in [2.45, 2.75) is 63.4 Å². The fourth-order valence-electron chi connectivity index (χ4n) is 2.23. The molecule has 0 bridgehead atoms. The van der Waals surface area contributed by atoms with Crippen molar-refractivity contribution in [1.29, 1.82) is 0 Å². The summed E-state index contributed by atoms with van der Waals surface area (Å²) in [7, 11) is -1.17. The van der Waals surface area contributed by atoms with Crippen LogP contribution in [-0.4, -0.2) is 56.7 Å². The lowest BCUT2D eigenvalue weighted by Gasteiger charge is -2.42. The molecule has 0 amide bonds. The maximum Gasteiger partial charge on any atom is 0.431 e. The molecule has 1 aromatic rings. The first-order chi connectivity index (χ1) is 13.7. The summed E-state index contributed by atoms with van der Waals surface area (Å²) in [5, 5.41) is 19.5. The van der Waals surface area contributed by atoms with Gasteiger partial charge >= 0.3 is 6.18 Å². The highest BCUT2D eigenvalue weighted by molar-refractivity contribution is 6.74. The maximum atomic E-state index is 13.7. The van der Waals surface area contributed by atoms with E-state index in [2.05, 4.69) is 5.92 Å². The Hall–Kier alpha value is -1.57. The SMILES string of the molecule is COc1ccc(COCC#C[C@@](O)([C@@H](CO)O[Si](C)(C)C(C)(C)C)C(F)(F)F)cc1. The molecule has 5 nitrogen and oxygen atoms in total. The Balaban J connectivity index is 2.92. The van der Waals surface area contributed by atoms with E-state index < -0.39 is 37.8 Å². The van der Waals surface area contributed by atoms with Gasteiger partial charge in [0.05, 0.1) is 20.3 Å². The molecular weight excluding hydrogens is 417 g/mol. The van der Waals surface area contributed by atoms with Gasteiger partial charge < -0.3 is 24.1 Å². The summed E-state index contributed by atoms with van der Waals surface area (Å²) in [6, 6.07) is 6.98. The van der Waals surface area contributed by atoms with Crippen LogP contribution in [0.2, 0.25) is 18.1 Å². The summed E-state index contributed by atoms with van der Waals surface area (Å²) < 4.78 is 57.0. The van der Waals surface area contributed by atoms with E-state index in [4.69, 9.17) is 13.9 Å². The molecule has 0 saturated carbocycles. The van der Waals surface area contributed by atoms with E-state index in [0.29, 0.717) is 5.75 Å².